The molecule has 0 spiro atoms. The number of ether oxygens (including phenoxy) is 3. The number of fused-ring (bicyclic) bond motifs is 2. The molecule has 7 heteroatoms. The molecule has 1 aliphatic carbocycles. The van der Waals surface area contributed by atoms with Crippen LogP contribution in [-0.2, 0) is 34.8 Å². The number of Topliss-reactive ketones (excluding diaryl/α,β-unsaturated/α-hetero) is 1. The Kier molecular flexibility index (Phi) is 8.52. The summed E-state index contributed by atoms with van der Waals surface area (Å²) in [6.07, 6.45) is -0.252. The highest BCUT2D eigenvalue weighted by Gasteiger charge is 2.54. The number of esters is 2. The van der Waals surface area contributed by atoms with Gasteiger partial charge in [-0.15, -0.1) is 0 Å². The summed E-state index contributed by atoms with van der Waals surface area (Å²) in [5, 5.41) is 0. The van der Waals surface area contributed by atoms with Crippen LogP contribution >= 0.6 is 0 Å². The lowest BCUT2D eigenvalue weighted by molar-refractivity contribution is -0.193. The predicted molar refractivity (Wildman–Crippen MR) is 152 cm³/mol. The molecular weight excluding hydrogens is 524 g/mol. The zero-order valence-corrected chi connectivity index (χ0v) is 23.5. The molecule has 2 aliphatic rings. The average Bonchev–Trinajstić information content (AvgIpc) is 2.97. The van der Waals surface area contributed by atoms with E-state index in [2.05, 4.69) is 30.8 Å². The molecule has 206 valence electrons. The topological polar surface area (TPSA) is 78.9 Å². The van der Waals surface area contributed by atoms with Gasteiger partial charge in [0.25, 0.3) is 0 Å². The highest BCUT2D eigenvalue weighted by molar-refractivity contribution is 7.97. The van der Waals surface area contributed by atoms with Crippen LogP contribution in [0.25, 0.3) is 0 Å². The molecule has 0 radical (unpaired) electrons. The number of hydrogen-bond donors (Lipinski definition) is 0. The second kappa shape index (κ2) is 12.2. The summed E-state index contributed by atoms with van der Waals surface area (Å²) < 4.78 is 17.4. The third-order valence-corrected chi connectivity index (χ3v) is 9.82. The molecular formula is C33H33O6S+. The predicted octanol–water partition coefficient (Wildman–Crippen LogP) is 5.81. The van der Waals surface area contributed by atoms with E-state index in [9.17, 15) is 14.4 Å². The van der Waals surface area contributed by atoms with Crippen molar-refractivity contribution in [2.45, 2.75) is 53.6 Å². The fourth-order valence-electron chi connectivity index (χ4n) is 5.66. The Balaban J connectivity index is 1.39. The molecule has 5 rings (SSSR count). The first kappa shape index (κ1) is 27.9. The van der Waals surface area contributed by atoms with Crippen LogP contribution in [-0.4, -0.2) is 36.5 Å². The minimum atomic E-state index is -0.733. The van der Waals surface area contributed by atoms with E-state index in [0.717, 1.165) is 4.90 Å². The molecule has 3 aromatic rings. The number of rotatable bonds is 8. The standard InChI is InChI=1S/C33H33O6S/c1-4-26-30(27-19-29(37-20-28(27)34)31(26)39-32(35)21(2)3)33(36)38-22-15-17-25(18-16-22)40(23-11-7-5-8-12-23)24-13-9-6-10-14-24/h5-18,26-27,29-31H,2,4,19-20H2,1,3H3/q+1. The second-order valence-electron chi connectivity index (χ2n) is 10.2. The molecule has 5 unspecified atom stereocenters. The molecule has 40 heavy (non-hydrogen) atoms. The SMILES string of the molecule is C=C(C)C(=O)OC1C2CC(C(=O)CO2)C(C(=O)Oc2ccc([S+](c3ccccc3)c3ccccc3)cc2)C1CC. The molecule has 6 nitrogen and oxygen atoms in total. The number of carbonyl (C=O) groups excluding carboxylic acids is 3. The van der Waals surface area contributed by atoms with Gasteiger partial charge < -0.3 is 14.2 Å². The lowest BCUT2D eigenvalue weighted by atomic mass is 9.65. The van der Waals surface area contributed by atoms with Crippen LogP contribution in [0.15, 0.2) is 112 Å². The van der Waals surface area contributed by atoms with Crippen LogP contribution < -0.4 is 4.74 Å². The van der Waals surface area contributed by atoms with Gasteiger partial charge >= 0.3 is 11.9 Å². The summed E-state index contributed by atoms with van der Waals surface area (Å²) in [5.74, 6) is -2.40. The summed E-state index contributed by atoms with van der Waals surface area (Å²) in [6, 6.07) is 28.2. The van der Waals surface area contributed by atoms with Gasteiger partial charge in [-0.25, -0.2) is 4.79 Å². The second-order valence-corrected chi connectivity index (χ2v) is 12.3. The number of ketones is 1. The smallest absolute Gasteiger partial charge is 0.333 e. The molecule has 2 bridgehead atoms. The lowest BCUT2D eigenvalue weighted by Crippen LogP contribution is -2.58. The number of hydrogen-bond acceptors (Lipinski definition) is 6. The normalized spacial score (nSPS) is 23.9. The van der Waals surface area contributed by atoms with Gasteiger partial charge in [0.1, 0.15) is 18.5 Å². The van der Waals surface area contributed by atoms with Gasteiger partial charge in [-0.05, 0) is 68.3 Å². The Morgan fingerprint density at radius 1 is 0.925 bits per heavy atom. The van der Waals surface area contributed by atoms with Crippen LogP contribution in [0.4, 0.5) is 0 Å². The van der Waals surface area contributed by atoms with Crippen LogP contribution in [0.3, 0.4) is 0 Å². The van der Waals surface area contributed by atoms with Gasteiger partial charge in [-0.3, -0.25) is 9.59 Å². The quantitative estimate of drug-likeness (QED) is 0.151. The van der Waals surface area contributed by atoms with Crippen molar-refractivity contribution in [3.8, 4) is 5.75 Å². The van der Waals surface area contributed by atoms with Crippen molar-refractivity contribution >= 4 is 28.6 Å². The van der Waals surface area contributed by atoms with E-state index in [4.69, 9.17) is 14.2 Å². The van der Waals surface area contributed by atoms with E-state index in [-0.39, 0.29) is 28.9 Å². The van der Waals surface area contributed by atoms with Crippen molar-refractivity contribution in [1.82, 2.24) is 0 Å². The van der Waals surface area contributed by atoms with E-state index in [0.29, 0.717) is 18.6 Å². The molecule has 0 aromatic heterocycles. The summed E-state index contributed by atoms with van der Waals surface area (Å²) >= 11 is 0. The molecule has 1 heterocycles. The highest BCUT2D eigenvalue weighted by atomic mass is 32.2. The van der Waals surface area contributed by atoms with Crippen LogP contribution in [0, 0.1) is 17.8 Å². The molecule has 3 aromatic carbocycles. The fraction of sp³-hybridized carbons (Fsp3) is 0.303. The van der Waals surface area contributed by atoms with Gasteiger partial charge in [0.2, 0.25) is 0 Å². The minimum Gasteiger partial charge on any atom is -0.456 e. The maximum absolute atomic E-state index is 13.6. The molecule has 0 N–H and O–H groups in total. The molecule has 1 aliphatic heterocycles. The molecule has 0 amide bonds. The monoisotopic (exact) mass is 557 g/mol. The molecule has 5 atom stereocenters. The molecule has 1 saturated heterocycles. The van der Waals surface area contributed by atoms with E-state index >= 15 is 0 Å². The van der Waals surface area contributed by atoms with Gasteiger partial charge in [0, 0.05) is 17.4 Å². The van der Waals surface area contributed by atoms with Crippen LogP contribution in [0.5, 0.6) is 5.75 Å². The van der Waals surface area contributed by atoms with Crippen molar-refractivity contribution in [3.05, 3.63) is 97.1 Å². The van der Waals surface area contributed by atoms with Crippen molar-refractivity contribution in [3.63, 3.8) is 0 Å². The fourth-order valence-corrected chi connectivity index (χ4v) is 7.75. The molecule has 1 saturated carbocycles. The van der Waals surface area contributed by atoms with E-state index < -0.39 is 41.9 Å². The Morgan fingerprint density at radius 2 is 1.50 bits per heavy atom. The molecule has 2 fully saturated rings. The summed E-state index contributed by atoms with van der Waals surface area (Å²) in [6.45, 7) is 7.06. The largest absolute Gasteiger partial charge is 0.456 e. The van der Waals surface area contributed by atoms with E-state index in [1.54, 1.807) is 19.1 Å². The van der Waals surface area contributed by atoms with E-state index in [1.165, 1.54) is 9.79 Å². The van der Waals surface area contributed by atoms with Crippen molar-refractivity contribution in [2.24, 2.45) is 17.8 Å². The first-order valence-corrected chi connectivity index (χ1v) is 14.8. The van der Waals surface area contributed by atoms with Crippen molar-refractivity contribution in [1.29, 1.82) is 0 Å². The first-order valence-electron chi connectivity index (χ1n) is 13.5. The van der Waals surface area contributed by atoms with E-state index in [1.807, 2.05) is 55.5 Å². The van der Waals surface area contributed by atoms with Gasteiger partial charge in [0.05, 0.1) is 22.9 Å². The zero-order valence-electron chi connectivity index (χ0n) is 22.7. The summed E-state index contributed by atoms with van der Waals surface area (Å²) in [5.41, 5.74) is 0.271. The van der Waals surface area contributed by atoms with Gasteiger partial charge in [-0.2, -0.15) is 0 Å². The maximum Gasteiger partial charge on any atom is 0.333 e. The van der Waals surface area contributed by atoms with Gasteiger partial charge in [0.15, 0.2) is 20.5 Å². The third kappa shape index (κ3) is 5.76. The highest BCUT2D eigenvalue weighted by Crippen LogP contribution is 2.44. The number of benzene rings is 3. The van der Waals surface area contributed by atoms with Crippen molar-refractivity contribution < 1.29 is 28.6 Å². The Hall–Kier alpha value is -3.68. The van der Waals surface area contributed by atoms with Crippen LogP contribution in [0.1, 0.15) is 26.7 Å². The maximum atomic E-state index is 13.6. The Bertz CT molecular complexity index is 1330. The summed E-state index contributed by atoms with van der Waals surface area (Å²) in [7, 11) is -0.324. The number of carbonyl (C=O) groups is 3. The van der Waals surface area contributed by atoms with Crippen LogP contribution in [0.2, 0.25) is 0 Å². The van der Waals surface area contributed by atoms with Crippen molar-refractivity contribution in [2.75, 3.05) is 6.61 Å². The third-order valence-electron chi connectivity index (χ3n) is 7.59. The Morgan fingerprint density at radius 3 is 2.05 bits per heavy atom. The zero-order chi connectivity index (χ0) is 28.2. The first-order chi connectivity index (χ1) is 19.4. The lowest BCUT2D eigenvalue weighted by Gasteiger charge is -2.47. The average molecular weight is 558 g/mol. The Labute approximate surface area is 237 Å². The van der Waals surface area contributed by atoms with Gasteiger partial charge in [-0.1, -0.05) is 49.9 Å². The minimum absolute atomic E-state index is 0.105. The summed E-state index contributed by atoms with van der Waals surface area (Å²) in [4.78, 5) is 42.3.